The van der Waals surface area contributed by atoms with E-state index in [1.54, 1.807) is 14.1 Å². The molecule has 1 heterocycles. The number of pyridine rings is 1. The summed E-state index contributed by atoms with van der Waals surface area (Å²) in [6.45, 7) is 0.278. The van der Waals surface area contributed by atoms with Gasteiger partial charge in [-0.3, -0.25) is 4.79 Å². The summed E-state index contributed by atoms with van der Waals surface area (Å²) in [5, 5.41) is 4.86. The van der Waals surface area contributed by atoms with Crippen molar-refractivity contribution in [2.24, 2.45) is 0 Å². The summed E-state index contributed by atoms with van der Waals surface area (Å²) >= 11 is 0. The van der Waals surface area contributed by atoms with Crippen molar-refractivity contribution in [3.63, 3.8) is 0 Å². The fourth-order valence-electron chi connectivity index (χ4n) is 1.19. The minimum atomic E-state index is -1.33. The monoisotopic (exact) mass is 272 g/mol. The van der Waals surface area contributed by atoms with Crippen LogP contribution in [0.2, 0.25) is 0 Å². The molecule has 19 heavy (non-hydrogen) atoms. The van der Waals surface area contributed by atoms with Gasteiger partial charge in [-0.2, -0.15) is 4.39 Å². The molecule has 1 aromatic rings. The fraction of sp³-hybridized carbons (Fsp3) is 0.364. The standard InChI is InChI=1S/C11H14F2N4O2/c1-17(2)11(19)16-6-5-15-10(18)7-3-4-14-9(13)8(7)12/h3-4H,5-6H2,1-2H3,(H,15,18)(H,16,19). The van der Waals surface area contributed by atoms with Crippen LogP contribution in [0, 0.1) is 11.8 Å². The van der Waals surface area contributed by atoms with Crippen molar-refractivity contribution in [2.75, 3.05) is 27.2 Å². The molecular formula is C11H14F2N4O2. The van der Waals surface area contributed by atoms with E-state index in [-0.39, 0.29) is 19.1 Å². The normalized spacial score (nSPS) is 9.89. The maximum atomic E-state index is 13.2. The second-order valence-electron chi connectivity index (χ2n) is 3.85. The molecule has 2 N–H and O–H groups in total. The lowest BCUT2D eigenvalue weighted by Crippen LogP contribution is -2.39. The van der Waals surface area contributed by atoms with Gasteiger partial charge in [-0.05, 0) is 6.07 Å². The number of rotatable bonds is 4. The molecule has 1 rings (SSSR count). The summed E-state index contributed by atoms with van der Waals surface area (Å²) in [5.41, 5.74) is -0.425. The lowest BCUT2D eigenvalue weighted by atomic mass is 10.2. The minimum Gasteiger partial charge on any atom is -0.350 e. The number of amides is 3. The van der Waals surface area contributed by atoms with Crippen molar-refractivity contribution < 1.29 is 18.4 Å². The van der Waals surface area contributed by atoms with Crippen LogP contribution in [0.25, 0.3) is 0 Å². The second-order valence-corrected chi connectivity index (χ2v) is 3.85. The third kappa shape index (κ3) is 4.16. The molecule has 0 atom stereocenters. The minimum absolute atomic E-state index is 0.0990. The highest BCUT2D eigenvalue weighted by Gasteiger charge is 2.15. The number of aromatic nitrogens is 1. The molecule has 0 spiro atoms. The molecule has 0 bridgehead atoms. The number of nitrogens with zero attached hydrogens (tertiary/aromatic N) is 2. The van der Waals surface area contributed by atoms with Crippen molar-refractivity contribution in [1.29, 1.82) is 0 Å². The Morgan fingerprint density at radius 2 is 1.89 bits per heavy atom. The molecular weight excluding hydrogens is 258 g/mol. The van der Waals surface area contributed by atoms with Crippen LogP contribution < -0.4 is 10.6 Å². The SMILES string of the molecule is CN(C)C(=O)NCCNC(=O)c1ccnc(F)c1F. The third-order valence-electron chi connectivity index (χ3n) is 2.18. The fourth-order valence-corrected chi connectivity index (χ4v) is 1.19. The Hall–Kier alpha value is -2.25. The zero-order chi connectivity index (χ0) is 14.4. The third-order valence-corrected chi connectivity index (χ3v) is 2.18. The topological polar surface area (TPSA) is 74.3 Å². The summed E-state index contributed by atoms with van der Waals surface area (Å²) in [7, 11) is 3.14. The lowest BCUT2D eigenvalue weighted by molar-refractivity contribution is 0.0948. The lowest BCUT2D eigenvalue weighted by Gasteiger charge is -2.12. The van der Waals surface area contributed by atoms with Crippen LogP contribution in [-0.4, -0.2) is 49.0 Å². The van der Waals surface area contributed by atoms with Crippen LogP contribution in [0.15, 0.2) is 12.3 Å². The van der Waals surface area contributed by atoms with Crippen LogP contribution >= 0.6 is 0 Å². The van der Waals surface area contributed by atoms with E-state index in [1.165, 1.54) is 4.90 Å². The molecule has 1 aromatic heterocycles. The summed E-state index contributed by atoms with van der Waals surface area (Å²) in [4.78, 5) is 27.1. The highest BCUT2D eigenvalue weighted by molar-refractivity contribution is 5.94. The van der Waals surface area contributed by atoms with E-state index in [0.717, 1.165) is 12.3 Å². The first-order chi connectivity index (χ1) is 8.93. The van der Waals surface area contributed by atoms with Gasteiger partial charge in [0, 0.05) is 33.4 Å². The Morgan fingerprint density at radius 1 is 1.26 bits per heavy atom. The molecule has 0 aliphatic heterocycles. The Bertz CT molecular complexity index is 480. The molecule has 3 amide bonds. The van der Waals surface area contributed by atoms with Gasteiger partial charge in [0.25, 0.3) is 5.91 Å². The summed E-state index contributed by atoms with van der Waals surface area (Å²) in [6, 6.07) is 0.766. The van der Waals surface area contributed by atoms with Crippen LogP contribution in [0.3, 0.4) is 0 Å². The smallest absolute Gasteiger partial charge is 0.316 e. The van der Waals surface area contributed by atoms with E-state index in [0.29, 0.717) is 0 Å². The number of hydrogen-bond acceptors (Lipinski definition) is 3. The molecule has 104 valence electrons. The van der Waals surface area contributed by atoms with Crippen LogP contribution in [-0.2, 0) is 0 Å². The number of urea groups is 1. The van der Waals surface area contributed by atoms with Crippen molar-refractivity contribution in [3.8, 4) is 0 Å². The predicted octanol–water partition coefficient (Wildman–Crippen LogP) is 0.361. The molecule has 0 saturated carbocycles. The van der Waals surface area contributed by atoms with Crippen LogP contribution in [0.1, 0.15) is 10.4 Å². The van der Waals surface area contributed by atoms with Gasteiger partial charge in [0.2, 0.25) is 5.95 Å². The molecule has 0 aliphatic carbocycles. The van der Waals surface area contributed by atoms with Crippen molar-refractivity contribution in [1.82, 2.24) is 20.5 Å². The molecule has 0 fully saturated rings. The molecule has 0 radical (unpaired) electrons. The quantitative estimate of drug-likeness (QED) is 0.614. The average Bonchev–Trinajstić information content (AvgIpc) is 2.37. The summed E-state index contributed by atoms with van der Waals surface area (Å²) < 4.78 is 26.0. The number of nitrogens with one attached hydrogen (secondary N) is 2. The highest BCUT2D eigenvalue weighted by Crippen LogP contribution is 2.08. The Morgan fingerprint density at radius 3 is 2.53 bits per heavy atom. The van der Waals surface area contributed by atoms with E-state index in [4.69, 9.17) is 0 Å². The van der Waals surface area contributed by atoms with Gasteiger partial charge in [-0.15, -0.1) is 0 Å². The molecule has 6 nitrogen and oxygen atoms in total. The maximum Gasteiger partial charge on any atom is 0.316 e. The van der Waals surface area contributed by atoms with E-state index >= 15 is 0 Å². The first-order valence-corrected chi connectivity index (χ1v) is 5.47. The first kappa shape index (κ1) is 14.8. The van der Waals surface area contributed by atoms with E-state index < -0.39 is 23.2 Å². The summed E-state index contributed by atoms with van der Waals surface area (Å²) in [5.74, 6) is -3.39. The Balaban J connectivity index is 2.44. The van der Waals surface area contributed by atoms with Gasteiger partial charge in [0.1, 0.15) is 0 Å². The van der Waals surface area contributed by atoms with Crippen LogP contribution in [0.4, 0.5) is 13.6 Å². The highest BCUT2D eigenvalue weighted by atomic mass is 19.2. The maximum absolute atomic E-state index is 13.2. The molecule has 0 aromatic carbocycles. The first-order valence-electron chi connectivity index (χ1n) is 5.47. The number of halogens is 2. The van der Waals surface area contributed by atoms with Crippen molar-refractivity contribution >= 4 is 11.9 Å². The van der Waals surface area contributed by atoms with Gasteiger partial charge in [0.15, 0.2) is 5.82 Å². The Labute approximate surface area is 108 Å². The van der Waals surface area contributed by atoms with Gasteiger partial charge in [-0.25, -0.2) is 14.2 Å². The van der Waals surface area contributed by atoms with Gasteiger partial charge in [0.05, 0.1) is 5.56 Å². The molecule has 0 unspecified atom stereocenters. The van der Waals surface area contributed by atoms with E-state index in [9.17, 15) is 18.4 Å². The van der Waals surface area contributed by atoms with Crippen molar-refractivity contribution in [3.05, 3.63) is 29.6 Å². The Kier molecular flexibility index (Phi) is 5.16. The van der Waals surface area contributed by atoms with Gasteiger partial charge >= 0.3 is 6.03 Å². The largest absolute Gasteiger partial charge is 0.350 e. The summed E-state index contributed by atoms with van der Waals surface area (Å²) in [6.07, 6.45) is 1.00. The zero-order valence-electron chi connectivity index (χ0n) is 10.5. The number of hydrogen-bond donors (Lipinski definition) is 2. The number of carbonyl (C=O) groups excluding carboxylic acids is 2. The van der Waals surface area contributed by atoms with E-state index in [1.807, 2.05) is 0 Å². The zero-order valence-corrected chi connectivity index (χ0v) is 10.5. The second kappa shape index (κ2) is 6.62. The van der Waals surface area contributed by atoms with Gasteiger partial charge in [-0.1, -0.05) is 0 Å². The number of carbonyl (C=O) groups is 2. The van der Waals surface area contributed by atoms with Crippen molar-refractivity contribution in [2.45, 2.75) is 0 Å². The van der Waals surface area contributed by atoms with E-state index in [2.05, 4.69) is 15.6 Å². The van der Waals surface area contributed by atoms with Gasteiger partial charge < -0.3 is 15.5 Å². The van der Waals surface area contributed by atoms with Crippen LogP contribution in [0.5, 0.6) is 0 Å². The average molecular weight is 272 g/mol. The predicted molar refractivity (Wildman–Crippen MR) is 63.6 cm³/mol. The molecule has 0 saturated heterocycles. The molecule has 8 heteroatoms. The molecule has 0 aliphatic rings.